The average molecular weight is 332 g/mol. The first-order valence-corrected chi connectivity index (χ1v) is 9.04. The topological polar surface area (TPSA) is 49.5 Å². The van der Waals surface area contributed by atoms with Crippen LogP contribution in [0.25, 0.3) is 0 Å². The smallest absolute Gasteiger partial charge is 0.282 e. The monoisotopic (exact) mass is 332 g/mol. The molecule has 0 aromatic carbocycles. The van der Waals surface area contributed by atoms with Crippen molar-refractivity contribution < 1.29 is 23.7 Å². The fourth-order valence-corrected chi connectivity index (χ4v) is 2.91. The Hall–Kier alpha value is -0.200. The van der Waals surface area contributed by atoms with Gasteiger partial charge < -0.3 is 23.7 Å². The number of rotatable bonds is 16. The second kappa shape index (κ2) is 12.2. The fourth-order valence-electron chi connectivity index (χ4n) is 2.91. The molecule has 0 amide bonds. The van der Waals surface area contributed by atoms with Gasteiger partial charge in [0.2, 0.25) is 0 Å². The van der Waals surface area contributed by atoms with Crippen molar-refractivity contribution in [2.45, 2.75) is 70.4 Å². The molecule has 1 rings (SSSR count). The van der Waals surface area contributed by atoms with Crippen LogP contribution < -0.4 is 0 Å². The first-order valence-electron chi connectivity index (χ1n) is 9.04. The lowest BCUT2D eigenvalue weighted by atomic mass is 9.92. The van der Waals surface area contributed by atoms with Crippen molar-refractivity contribution in [2.24, 2.45) is 5.92 Å². The normalized spacial score (nSPS) is 19.0. The van der Waals surface area contributed by atoms with E-state index in [0.717, 1.165) is 39.1 Å². The summed E-state index contributed by atoms with van der Waals surface area (Å²) in [6.07, 6.45) is 9.57. The summed E-state index contributed by atoms with van der Waals surface area (Å²) >= 11 is 0. The summed E-state index contributed by atoms with van der Waals surface area (Å²) in [5.41, 5.74) is 0. The van der Waals surface area contributed by atoms with E-state index in [0.29, 0.717) is 12.0 Å². The summed E-state index contributed by atoms with van der Waals surface area (Å²) in [4.78, 5) is 0. The van der Waals surface area contributed by atoms with Gasteiger partial charge in [0.25, 0.3) is 5.97 Å². The first-order chi connectivity index (χ1) is 11.2. The van der Waals surface area contributed by atoms with Gasteiger partial charge in [-0.3, -0.25) is 0 Å². The van der Waals surface area contributed by atoms with Crippen LogP contribution in [0.3, 0.4) is 0 Å². The van der Waals surface area contributed by atoms with Crippen LogP contribution in [-0.4, -0.2) is 53.2 Å². The van der Waals surface area contributed by atoms with Crippen molar-refractivity contribution >= 4 is 0 Å². The van der Waals surface area contributed by atoms with Crippen molar-refractivity contribution in [1.29, 1.82) is 0 Å². The lowest BCUT2D eigenvalue weighted by Gasteiger charge is -2.32. The Labute approximate surface area is 142 Å². The van der Waals surface area contributed by atoms with Gasteiger partial charge in [0.1, 0.15) is 6.10 Å². The van der Waals surface area contributed by atoms with Crippen LogP contribution >= 0.6 is 0 Å². The molecule has 1 heterocycles. The molecule has 0 aromatic rings. The Morgan fingerprint density at radius 1 is 1.00 bits per heavy atom. The number of ether oxygens (including phenoxy) is 5. The van der Waals surface area contributed by atoms with Gasteiger partial charge in [-0.2, -0.15) is 0 Å². The predicted octanol–water partition coefficient (Wildman–Crippen LogP) is 3.75. The summed E-state index contributed by atoms with van der Waals surface area (Å²) in [5, 5.41) is 0. The molecular formula is C18H36O5. The third kappa shape index (κ3) is 9.01. The summed E-state index contributed by atoms with van der Waals surface area (Å²) in [6, 6.07) is 0. The molecular weight excluding hydrogens is 296 g/mol. The average Bonchev–Trinajstić information content (AvgIpc) is 3.40. The van der Waals surface area contributed by atoms with Gasteiger partial charge in [-0.1, -0.05) is 39.0 Å². The van der Waals surface area contributed by atoms with Crippen molar-refractivity contribution in [1.82, 2.24) is 0 Å². The van der Waals surface area contributed by atoms with E-state index >= 15 is 0 Å². The van der Waals surface area contributed by atoms with E-state index in [-0.39, 0.29) is 0 Å². The van der Waals surface area contributed by atoms with E-state index in [1.54, 1.807) is 21.3 Å². The van der Waals surface area contributed by atoms with Gasteiger partial charge in [-0.25, -0.2) is 0 Å². The molecule has 0 bridgehead atoms. The molecule has 23 heavy (non-hydrogen) atoms. The molecule has 0 spiro atoms. The third-order valence-electron chi connectivity index (χ3n) is 4.54. The molecule has 1 aliphatic heterocycles. The Morgan fingerprint density at radius 2 is 1.65 bits per heavy atom. The van der Waals surface area contributed by atoms with E-state index in [4.69, 9.17) is 23.7 Å². The molecule has 5 nitrogen and oxygen atoms in total. The Bertz CT molecular complexity index is 268. The maximum Gasteiger partial charge on any atom is 0.282 e. The quantitative estimate of drug-likeness (QED) is 0.245. The zero-order valence-electron chi connectivity index (χ0n) is 15.5. The highest BCUT2D eigenvalue weighted by Gasteiger charge is 2.33. The van der Waals surface area contributed by atoms with E-state index < -0.39 is 5.97 Å². The second-order valence-corrected chi connectivity index (χ2v) is 6.39. The molecule has 1 fully saturated rings. The standard InChI is InChI=1S/C18H36O5/c1-5-6-7-8-10-16(13-18(19-2,20-3)21-4)11-9-12-22-14-17-15-23-17/h16-17H,5-15H2,1-4H3. The van der Waals surface area contributed by atoms with Crippen LogP contribution in [0.1, 0.15) is 58.3 Å². The van der Waals surface area contributed by atoms with Crippen LogP contribution in [0.5, 0.6) is 0 Å². The number of hydrogen-bond donors (Lipinski definition) is 0. The van der Waals surface area contributed by atoms with Gasteiger partial charge in [-0.05, 0) is 18.8 Å². The number of epoxide rings is 1. The van der Waals surface area contributed by atoms with Crippen molar-refractivity contribution in [3.05, 3.63) is 0 Å². The van der Waals surface area contributed by atoms with E-state index in [2.05, 4.69) is 6.92 Å². The van der Waals surface area contributed by atoms with Crippen LogP contribution in [-0.2, 0) is 23.7 Å². The molecule has 0 N–H and O–H groups in total. The molecule has 5 heteroatoms. The highest BCUT2D eigenvalue weighted by molar-refractivity contribution is 4.69. The zero-order valence-corrected chi connectivity index (χ0v) is 15.5. The molecule has 0 radical (unpaired) electrons. The van der Waals surface area contributed by atoms with Gasteiger partial charge in [0.05, 0.1) is 13.2 Å². The lowest BCUT2D eigenvalue weighted by molar-refractivity contribution is -0.359. The maximum absolute atomic E-state index is 5.64. The Balaban J connectivity index is 2.32. The number of unbranched alkanes of at least 4 members (excludes halogenated alkanes) is 3. The zero-order chi connectivity index (χ0) is 17.0. The summed E-state index contributed by atoms with van der Waals surface area (Å²) in [5.74, 6) is -0.398. The van der Waals surface area contributed by atoms with Crippen LogP contribution in [0.2, 0.25) is 0 Å². The Kier molecular flexibility index (Phi) is 11.1. The largest absolute Gasteiger partial charge is 0.379 e. The lowest BCUT2D eigenvalue weighted by Crippen LogP contribution is -2.38. The predicted molar refractivity (Wildman–Crippen MR) is 90.4 cm³/mol. The van der Waals surface area contributed by atoms with E-state index in [1.807, 2.05) is 0 Å². The van der Waals surface area contributed by atoms with Gasteiger partial charge in [0.15, 0.2) is 0 Å². The molecule has 1 saturated heterocycles. The van der Waals surface area contributed by atoms with Crippen LogP contribution in [0, 0.1) is 5.92 Å². The second-order valence-electron chi connectivity index (χ2n) is 6.39. The molecule has 2 unspecified atom stereocenters. The summed E-state index contributed by atoms with van der Waals surface area (Å²) < 4.78 is 27.2. The molecule has 0 aliphatic carbocycles. The number of methoxy groups -OCH3 is 3. The van der Waals surface area contributed by atoms with Gasteiger partial charge in [0, 0.05) is 34.4 Å². The van der Waals surface area contributed by atoms with Crippen molar-refractivity contribution in [2.75, 3.05) is 41.2 Å². The minimum atomic E-state index is -0.919. The fraction of sp³-hybridized carbons (Fsp3) is 1.00. The van der Waals surface area contributed by atoms with Gasteiger partial charge >= 0.3 is 0 Å². The molecule has 138 valence electrons. The molecule has 0 saturated carbocycles. The molecule has 1 aliphatic rings. The Morgan fingerprint density at radius 3 is 2.22 bits per heavy atom. The maximum atomic E-state index is 5.64. The van der Waals surface area contributed by atoms with Gasteiger partial charge in [-0.15, -0.1) is 0 Å². The minimum Gasteiger partial charge on any atom is -0.379 e. The summed E-state index contributed by atoms with van der Waals surface area (Å²) in [6.45, 7) is 4.63. The first kappa shape index (κ1) is 20.8. The van der Waals surface area contributed by atoms with Crippen molar-refractivity contribution in [3.8, 4) is 0 Å². The minimum absolute atomic E-state index is 0.350. The van der Waals surface area contributed by atoms with Crippen LogP contribution in [0.4, 0.5) is 0 Å². The summed E-state index contributed by atoms with van der Waals surface area (Å²) in [7, 11) is 4.92. The third-order valence-corrected chi connectivity index (χ3v) is 4.54. The highest BCUT2D eigenvalue weighted by Crippen LogP contribution is 2.29. The molecule has 0 aromatic heterocycles. The van der Waals surface area contributed by atoms with Crippen LogP contribution in [0.15, 0.2) is 0 Å². The van der Waals surface area contributed by atoms with E-state index in [1.165, 1.54) is 32.1 Å². The van der Waals surface area contributed by atoms with Crippen molar-refractivity contribution in [3.63, 3.8) is 0 Å². The highest BCUT2D eigenvalue weighted by atomic mass is 16.9. The van der Waals surface area contributed by atoms with E-state index in [9.17, 15) is 0 Å². The SMILES string of the molecule is CCCCCCC(CCCOCC1CO1)CC(OC)(OC)OC. The number of hydrogen-bond acceptors (Lipinski definition) is 5. The molecule has 2 atom stereocenters.